The molecule has 7 rings (SSSR count). The lowest BCUT2D eigenvalue weighted by Crippen LogP contribution is -1.88. The lowest BCUT2D eigenvalue weighted by Gasteiger charge is -2.00. The van der Waals surface area contributed by atoms with Crippen molar-refractivity contribution in [3.8, 4) is 0 Å². The van der Waals surface area contributed by atoms with Crippen LogP contribution in [0.4, 0.5) is 17.1 Å². The molecule has 0 fully saturated rings. The summed E-state index contributed by atoms with van der Waals surface area (Å²) in [7, 11) is 0. The molecule has 3 aromatic heterocycles. The quantitative estimate of drug-likeness (QED) is 0.197. The molecule has 174 valence electrons. The molecule has 4 aromatic carbocycles. The van der Waals surface area contributed by atoms with Gasteiger partial charge in [0, 0.05) is 50.5 Å². The number of hydrogen-bond acceptors (Lipinski definition) is 6. The molecule has 3 heterocycles. The summed E-state index contributed by atoms with van der Waals surface area (Å²) in [5.41, 5.74) is 2.05. The zero-order chi connectivity index (χ0) is 24.9. The van der Waals surface area contributed by atoms with Crippen molar-refractivity contribution in [1.82, 2.24) is 15.0 Å². The third kappa shape index (κ3) is 2.31. The molecule has 0 saturated heterocycles. The van der Waals surface area contributed by atoms with Gasteiger partial charge in [0.05, 0.1) is 31.3 Å². The molecule has 0 aliphatic rings. The smallest absolute Gasteiger partial charge is 0.293 e. The van der Waals surface area contributed by atoms with E-state index in [9.17, 15) is 30.3 Å². The third-order valence-corrected chi connectivity index (χ3v) is 6.78. The Morgan fingerprint density at radius 2 is 0.778 bits per heavy atom. The number of nitro groups is 3. The second kappa shape index (κ2) is 6.54. The molecule has 0 aliphatic carbocycles. The Bertz CT molecular complexity index is 2150. The van der Waals surface area contributed by atoms with E-state index in [1.54, 1.807) is 36.4 Å². The number of fused-ring (bicyclic) bond motifs is 12. The Balaban J connectivity index is 1.86. The highest BCUT2D eigenvalue weighted by molar-refractivity contribution is 6.40. The summed E-state index contributed by atoms with van der Waals surface area (Å²) in [5, 5.41) is 38.9. The minimum absolute atomic E-state index is 0.123. The molecule has 3 N–H and O–H groups in total. The summed E-state index contributed by atoms with van der Waals surface area (Å²) < 4.78 is 0. The van der Waals surface area contributed by atoms with Crippen LogP contribution in [0.3, 0.4) is 0 Å². The zero-order valence-corrected chi connectivity index (χ0v) is 18.0. The van der Waals surface area contributed by atoms with E-state index in [1.807, 2.05) is 0 Å². The molecule has 12 nitrogen and oxygen atoms in total. The van der Waals surface area contributed by atoms with Crippen LogP contribution in [0.1, 0.15) is 0 Å². The van der Waals surface area contributed by atoms with Crippen molar-refractivity contribution in [3.63, 3.8) is 0 Å². The monoisotopic (exact) mass is 480 g/mol. The van der Waals surface area contributed by atoms with Crippen LogP contribution in [0, 0.1) is 30.3 Å². The number of non-ortho nitro benzene ring substituents is 3. The molecule has 0 radical (unpaired) electrons. The Morgan fingerprint density at radius 3 is 1.19 bits per heavy atom. The molecular weight excluding hydrogens is 468 g/mol. The van der Waals surface area contributed by atoms with Gasteiger partial charge < -0.3 is 15.0 Å². The summed E-state index contributed by atoms with van der Waals surface area (Å²) >= 11 is 0. The molecule has 0 aliphatic heterocycles. The highest BCUT2D eigenvalue weighted by atomic mass is 16.6. The van der Waals surface area contributed by atoms with E-state index in [-0.39, 0.29) is 22.6 Å². The molecule has 7 aromatic rings. The molecule has 0 amide bonds. The van der Waals surface area contributed by atoms with Crippen LogP contribution in [-0.4, -0.2) is 29.7 Å². The van der Waals surface area contributed by atoms with Crippen LogP contribution in [0.15, 0.2) is 54.6 Å². The summed E-state index contributed by atoms with van der Waals surface area (Å²) in [6, 6.07) is 14.1. The number of aromatic amines is 3. The molecule has 36 heavy (non-hydrogen) atoms. The van der Waals surface area contributed by atoms with Crippen molar-refractivity contribution in [3.05, 3.63) is 84.9 Å². The standard InChI is InChI=1S/C24H12N6O6/c31-28(32)13-7-1-4-10-16-17-11-5-2-8-14(29(33)34)20(11)26-23(17)24-18(22(16)25-19(10)13)12-6-3-9-15(30(35)36)21(12)27-24/h1-9,25-27H. The average molecular weight is 480 g/mol. The van der Waals surface area contributed by atoms with Crippen molar-refractivity contribution in [2.75, 3.05) is 0 Å². The summed E-state index contributed by atoms with van der Waals surface area (Å²) in [6.07, 6.45) is 0. The van der Waals surface area contributed by atoms with Gasteiger partial charge in [0.15, 0.2) is 0 Å². The number of aromatic nitrogens is 3. The first-order valence-corrected chi connectivity index (χ1v) is 10.7. The van der Waals surface area contributed by atoms with Crippen LogP contribution in [0.25, 0.3) is 65.4 Å². The molecular formula is C24H12N6O6. The van der Waals surface area contributed by atoms with Crippen LogP contribution in [0.2, 0.25) is 0 Å². The normalized spacial score (nSPS) is 12.0. The fraction of sp³-hybridized carbons (Fsp3) is 0. The van der Waals surface area contributed by atoms with Gasteiger partial charge in [-0.25, -0.2) is 0 Å². The number of hydrogen-bond donors (Lipinski definition) is 3. The first-order valence-electron chi connectivity index (χ1n) is 10.7. The lowest BCUT2D eigenvalue weighted by molar-refractivity contribution is -0.383. The number of H-pyrrole nitrogens is 3. The number of nitrogens with zero attached hydrogens (tertiary/aromatic N) is 3. The predicted molar refractivity (Wildman–Crippen MR) is 134 cm³/mol. The molecule has 0 unspecified atom stereocenters. The Hall–Kier alpha value is -5.52. The van der Waals surface area contributed by atoms with E-state index >= 15 is 0 Å². The van der Waals surface area contributed by atoms with Crippen molar-refractivity contribution >= 4 is 82.5 Å². The van der Waals surface area contributed by atoms with Gasteiger partial charge in [0.1, 0.15) is 16.6 Å². The molecule has 0 spiro atoms. The fourth-order valence-electron chi connectivity index (χ4n) is 5.40. The molecule has 12 heteroatoms. The Labute approximate surface area is 197 Å². The van der Waals surface area contributed by atoms with Crippen LogP contribution >= 0.6 is 0 Å². The van der Waals surface area contributed by atoms with E-state index in [0.29, 0.717) is 59.9 Å². The lowest BCUT2D eigenvalue weighted by atomic mass is 10.0. The van der Waals surface area contributed by atoms with E-state index in [2.05, 4.69) is 15.0 Å². The van der Waals surface area contributed by atoms with Crippen LogP contribution in [0.5, 0.6) is 0 Å². The zero-order valence-electron chi connectivity index (χ0n) is 18.0. The maximum atomic E-state index is 11.8. The van der Waals surface area contributed by atoms with Crippen molar-refractivity contribution in [2.24, 2.45) is 0 Å². The summed E-state index contributed by atoms with van der Waals surface area (Å²) in [4.78, 5) is 43.4. The maximum Gasteiger partial charge on any atom is 0.293 e. The minimum atomic E-state index is -0.488. The SMILES string of the molecule is O=[N+]([O-])c1cccc2c1[nH]c1c3[nH]c4c([N+](=O)[O-])cccc4c3c3c4cccc([N+](=O)[O-])c4[nH]c3c21. The first kappa shape index (κ1) is 19.9. The maximum absolute atomic E-state index is 11.8. The second-order valence-corrected chi connectivity index (χ2v) is 8.50. The topological polar surface area (TPSA) is 177 Å². The van der Waals surface area contributed by atoms with Crippen LogP contribution in [-0.2, 0) is 0 Å². The van der Waals surface area contributed by atoms with E-state index < -0.39 is 14.8 Å². The molecule has 0 atom stereocenters. The highest BCUT2D eigenvalue weighted by Crippen LogP contribution is 2.47. The highest BCUT2D eigenvalue weighted by Gasteiger charge is 2.27. The average Bonchev–Trinajstić information content (AvgIpc) is 3.53. The predicted octanol–water partition coefficient (Wildman–Crippen LogP) is 6.31. The van der Waals surface area contributed by atoms with Gasteiger partial charge in [-0.2, -0.15) is 0 Å². The van der Waals surface area contributed by atoms with Crippen LogP contribution < -0.4 is 0 Å². The van der Waals surface area contributed by atoms with E-state index in [4.69, 9.17) is 0 Å². The summed E-state index contributed by atoms with van der Waals surface area (Å²) in [6.45, 7) is 0. The molecule has 0 bridgehead atoms. The second-order valence-electron chi connectivity index (χ2n) is 8.50. The number of benzene rings is 4. The van der Waals surface area contributed by atoms with Gasteiger partial charge in [0.25, 0.3) is 17.1 Å². The van der Waals surface area contributed by atoms with Gasteiger partial charge in [0.2, 0.25) is 0 Å². The number of rotatable bonds is 3. The molecule has 0 saturated carbocycles. The van der Waals surface area contributed by atoms with Gasteiger partial charge in [-0.3, -0.25) is 30.3 Å². The largest absolute Gasteiger partial charge is 0.348 e. The number of para-hydroxylation sites is 3. The minimum Gasteiger partial charge on any atom is -0.348 e. The Kier molecular flexibility index (Phi) is 3.61. The van der Waals surface area contributed by atoms with Gasteiger partial charge in [-0.1, -0.05) is 36.4 Å². The summed E-state index contributed by atoms with van der Waals surface area (Å²) in [5.74, 6) is 0. The van der Waals surface area contributed by atoms with Gasteiger partial charge >= 0.3 is 0 Å². The van der Waals surface area contributed by atoms with Crippen molar-refractivity contribution in [2.45, 2.75) is 0 Å². The Morgan fingerprint density at radius 1 is 0.444 bits per heavy atom. The van der Waals surface area contributed by atoms with Crippen molar-refractivity contribution < 1.29 is 14.8 Å². The number of nitro benzene ring substituents is 3. The van der Waals surface area contributed by atoms with Gasteiger partial charge in [-0.15, -0.1) is 0 Å². The van der Waals surface area contributed by atoms with E-state index in [0.717, 1.165) is 0 Å². The van der Waals surface area contributed by atoms with Gasteiger partial charge in [-0.05, 0) is 0 Å². The van der Waals surface area contributed by atoms with Crippen molar-refractivity contribution in [1.29, 1.82) is 0 Å². The fourth-order valence-corrected chi connectivity index (χ4v) is 5.40. The van der Waals surface area contributed by atoms with E-state index in [1.165, 1.54) is 18.2 Å². The first-order chi connectivity index (χ1) is 17.4. The third-order valence-electron chi connectivity index (χ3n) is 6.78. The number of nitrogens with one attached hydrogen (secondary N) is 3.